The van der Waals surface area contributed by atoms with E-state index in [-0.39, 0.29) is 0 Å². The van der Waals surface area contributed by atoms with Crippen molar-refractivity contribution in [2.24, 2.45) is 0 Å². The Morgan fingerprint density at radius 1 is 1.00 bits per heavy atom. The lowest BCUT2D eigenvalue weighted by molar-refractivity contribution is -0.128. The highest BCUT2D eigenvalue weighted by Gasteiger charge is 2.03. The number of benzene rings is 2. The van der Waals surface area contributed by atoms with E-state index < -0.39 is 5.97 Å². The van der Waals surface area contributed by atoms with Crippen molar-refractivity contribution in [3.8, 4) is 22.9 Å². The smallest absolute Gasteiger partial charge is 0.336 e. The molecule has 1 aromatic heterocycles. The number of rotatable bonds is 4. The second-order valence-corrected chi connectivity index (χ2v) is 5.42. The van der Waals surface area contributed by atoms with E-state index >= 15 is 0 Å². The third-order valence-corrected chi connectivity index (χ3v) is 3.56. The van der Waals surface area contributed by atoms with Gasteiger partial charge in [-0.15, -0.1) is 0 Å². The number of esters is 1. The Morgan fingerprint density at radius 3 is 2.20 bits per heavy atom. The zero-order chi connectivity index (χ0) is 17.6. The van der Waals surface area contributed by atoms with Gasteiger partial charge < -0.3 is 9.15 Å². The molecule has 0 fully saturated rings. The molecule has 0 radical (unpaired) electrons. The average Bonchev–Trinajstić information content (AvgIpc) is 3.06. The molecule has 3 aromatic rings. The van der Waals surface area contributed by atoms with Crippen LogP contribution < -0.4 is 4.74 Å². The highest BCUT2D eigenvalue weighted by molar-refractivity contribution is 5.88. The summed E-state index contributed by atoms with van der Waals surface area (Å²) in [5.41, 5.74) is 2.59. The molecule has 0 atom stereocenters. The molecule has 0 N–H and O–H groups in total. The number of carbonyl (C=O) groups is 1. The normalized spacial score (nSPS) is 10.6. The number of carbonyl (C=O) groups excluding carboxylic acids is 1. The molecule has 0 aliphatic carbocycles. The Balaban J connectivity index is 1.64. The number of ether oxygens (including phenoxy) is 1. The summed E-state index contributed by atoms with van der Waals surface area (Å²) in [5, 5.41) is 8.83. The minimum absolute atomic E-state index is 0.461. The first-order valence-corrected chi connectivity index (χ1v) is 7.71. The zero-order valence-corrected chi connectivity index (χ0v) is 13.6. The molecular formula is C21H15NO3. The van der Waals surface area contributed by atoms with Crippen LogP contribution in [0.25, 0.3) is 17.2 Å². The topological polar surface area (TPSA) is 63.2 Å². The molecule has 4 nitrogen and oxygen atoms in total. The van der Waals surface area contributed by atoms with Crippen molar-refractivity contribution < 1.29 is 13.9 Å². The van der Waals surface area contributed by atoms with E-state index in [0.29, 0.717) is 17.1 Å². The highest BCUT2D eigenvalue weighted by atomic mass is 16.5. The van der Waals surface area contributed by atoms with Crippen LogP contribution in [0, 0.1) is 18.3 Å². The van der Waals surface area contributed by atoms with Crippen LogP contribution in [0.5, 0.6) is 5.75 Å². The summed E-state index contributed by atoms with van der Waals surface area (Å²) < 4.78 is 10.6. The van der Waals surface area contributed by atoms with E-state index in [0.717, 1.165) is 16.9 Å². The van der Waals surface area contributed by atoms with E-state index in [1.807, 2.05) is 37.3 Å². The summed E-state index contributed by atoms with van der Waals surface area (Å²) in [4.78, 5) is 11.8. The maximum Gasteiger partial charge on any atom is 0.336 e. The van der Waals surface area contributed by atoms with Gasteiger partial charge in [0.2, 0.25) is 0 Å². The van der Waals surface area contributed by atoms with Gasteiger partial charge in [0, 0.05) is 6.08 Å². The number of nitriles is 1. The number of nitrogens with zero attached hydrogens (tertiary/aromatic N) is 1. The van der Waals surface area contributed by atoms with Gasteiger partial charge in [-0.25, -0.2) is 4.79 Å². The Morgan fingerprint density at radius 2 is 1.64 bits per heavy atom. The second kappa shape index (κ2) is 7.33. The Labute approximate surface area is 145 Å². The van der Waals surface area contributed by atoms with Gasteiger partial charge in [0.15, 0.2) is 0 Å². The molecule has 1 heterocycles. The fraction of sp³-hybridized carbons (Fsp3) is 0.0476. The van der Waals surface area contributed by atoms with Crippen LogP contribution in [0.2, 0.25) is 0 Å². The SMILES string of the molecule is Cc1ccc(C=CC(=O)Oc2ccc(-c3ccc(C#N)cc3)cc2)o1. The Kier molecular flexibility index (Phi) is 4.77. The van der Waals surface area contributed by atoms with Crippen molar-refractivity contribution in [1.29, 1.82) is 5.26 Å². The first-order chi connectivity index (χ1) is 12.1. The van der Waals surface area contributed by atoms with Gasteiger partial charge in [0.1, 0.15) is 17.3 Å². The zero-order valence-electron chi connectivity index (χ0n) is 13.6. The summed E-state index contributed by atoms with van der Waals surface area (Å²) in [6.45, 7) is 1.84. The molecule has 0 saturated heterocycles. The Bertz CT molecular complexity index is 942. The fourth-order valence-electron chi connectivity index (χ4n) is 2.30. The quantitative estimate of drug-likeness (QED) is 0.394. The third kappa shape index (κ3) is 4.24. The lowest BCUT2D eigenvalue weighted by atomic mass is 10.0. The molecule has 25 heavy (non-hydrogen) atoms. The fourth-order valence-corrected chi connectivity index (χ4v) is 2.30. The van der Waals surface area contributed by atoms with Crippen LogP contribution in [0.15, 0.2) is 71.2 Å². The number of furan rings is 1. The van der Waals surface area contributed by atoms with Gasteiger partial charge in [-0.1, -0.05) is 24.3 Å². The maximum atomic E-state index is 11.8. The van der Waals surface area contributed by atoms with Crippen molar-refractivity contribution in [3.63, 3.8) is 0 Å². The molecule has 0 spiro atoms. The first-order valence-electron chi connectivity index (χ1n) is 7.71. The minimum atomic E-state index is -0.472. The van der Waals surface area contributed by atoms with Gasteiger partial charge in [0.05, 0.1) is 11.6 Å². The molecule has 0 unspecified atom stereocenters. The van der Waals surface area contributed by atoms with Crippen LogP contribution in [0.4, 0.5) is 0 Å². The summed E-state index contributed by atoms with van der Waals surface area (Å²) in [6.07, 6.45) is 2.90. The molecule has 0 aliphatic heterocycles. The molecule has 3 rings (SSSR count). The highest BCUT2D eigenvalue weighted by Crippen LogP contribution is 2.23. The molecule has 4 heteroatoms. The van der Waals surface area contributed by atoms with E-state index in [1.165, 1.54) is 6.08 Å². The van der Waals surface area contributed by atoms with E-state index in [9.17, 15) is 4.79 Å². The van der Waals surface area contributed by atoms with Gasteiger partial charge in [-0.2, -0.15) is 5.26 Å². The largest absolute Gasteiger partial charge is 0.462 e. The molecule has 122 valence electrons. The average molecular weight is 329 g/mol. The Hall–Kier alpha value is -3.58. The summed E-state index contributed by atoms with van der Waals surface area (Å²) in [7, 11) is 0. The minimum Gasteiger partial charge on any atom is -0.462 e. The van der Waals surface area contributed by atoms with E-state index in [1.54, 1.807) is 36.4 Å². The number of aryl methyl sites for hydroxylation is 1. The van der Waals surface area contributed by atoms with Gasteiger partial charge >= 0.3 is 5.97 Å². The standard InChI is InChI=1S/C21H15NO3/c1-15-2-9-19(24-15)12-13-21(23)25-20-10-7-18(8-11-20)17-5-3-16(14-22)4-6-17/h2-13H,1H3. The van der Waals surface area contributed by atoms with Crippen molar-refractivity contribution in [3.05, 3.63) is 83.8 Å². The van der Waals surface area contributed by atoms with Crippen LogP contribution in [0.3, 0.4) is 0 Å². The second-order valence-electron chi connectivity index (χ2n) is 5.42. The number of hydrogen-bond acceptors (Lipinski definition) is 4. The predicted molar refractivity (Wildman–Crippen MR) is 94.7 cm³/mol. The van der Waals surface area contributed by atoms with Crippen molar-refractivity contribution in [1.82, 2.24) is 0 Å². The molecule has 0 saturated carbocycles. The monoisotopic (exact) mass is 329 g/mol. The van der Waals surface area contributed by atoms with Crippen LogP contribution in [-0.4, -0.2) is 5.97 Å². The van der Waals surface area contributed by atoms with Crippen molar-refractivity contribution >= 4 is 12.0 Å². The summed E-state index contributed by atoms with van der Waals surface area (Å²) in [6, 6.07) is 20.2. The van der Waals surface area contributed by atoms with Gasteiger partial charge in [0.25, 0.3) is 0 Å². The number of hydrogen-bond donors (Lipinski definition) is 0. The molecule has 2 aromatic carbocycles. The van der Waals surface area contributed by atoms with Crippen LogP contribution >= 0.6 is 0 Å². The van der Waals surface area contributed by atoms with Gasteiger partial charge in [-0.05, 0) is 60.5 Å². The van der Waals surface area contributed by atoms with Crippen LogP contribution in [0.1, 0.15) is 17.1 Å². The van der Waals surface area contributed by atoms with Crippen LogP contribution in [-0.2, 0) is 4.79 Å². The van der Waals surface area contributed by atoms with Gasteiger partial charge in [-0.3, -0.25) is 0 Å². The molecule has 0 bridgehead atoms. The van der Waals surface area contributed by atoms with E-state index in [2.05, 4.69) is 6.07 Å². The van der Waals surface area contributed by atoms with Crippen molar-refractivity contribution in [2.75, 3.05) is 0 Å². The molecule has 0 aliphatic rings. The lowest BCUT2D eigenvalue weighted by Gasteiger charge is -2.04. The summed E-state index contributed by atoms with van der Waals surface area (Å²) >= 11 is 0. The third-order valence-electron chi connectivity index (χ3n) is 3.56. The van der Waals surface area contributed by atoms with E-state index in [4.69, 9.17) is 14.4 Å². The first kappa shape index (κ1) is 16.3. The lowest BCUT2D eigenvalue weighted by Crippen LogP contribution is -2.03. The summed E-state index contributed by atoms with van der Waals surface area (Å²) in [5.74, 6) is 1.37. The van der Waals surface area contributed by atoms with Crippen molar-refractivity contribution in [2.45, 2.75) is 6.92 Å². The predicted octanol–water partition coefficient (Wildman–Crippen LogP) is 4.75. The molecular weight excluding hydrogens is 314 g/mol. The molecule has 0 amide bonds. The maximum absolute atomic E-state index is 11.8.